The minimum Gasteiger partial charge on any atom is -0.467 e. The number of nitrogens with zero attached hydrogens (tertiary/aromatic N) is 3. The second-order valence-electron chi connectivity index (χ2n) is 16.8. The zero-order valence-electron chi connectivity index (χ0n) is 34.6. The first-order valence-corrected chi connectivity index (χ1v) is 19.3. The van der Waals surface area contributed by atoms with E-state index in [1.165, 1.54) is 17.9 Å². The lowest BCUT2D eigenvalue weighted by atomic mass is 9.80. The Bertz CT molecular complexity index is 2440. The quantitative estimate of drug-likeness (QED) is 0.0812. The van der Waals surface area contributed by atoms with Crippen molar-refractivity contribution >= 4 is 63.4 Å². The summed E-state index contributed by atoms with van der Waals surface area (Å²) in [7, 11) is 1.20. The molecule has 5 aromatic rings. The van der Waals surface area contributed by atoms with Crippen molar-refractivity contribution in [1.82, 2.24) is 19.8 Å². The van der Waals surface area contributed by atoms with Crippen LogP contribution in [0.1, 0.15) is 93.2 Å². The number of hydrogen-bond acceptors (Lipinski definition) is 10. The summed E-state index contributed by atoms with van der Waals surface area (Å²) in [6, 6.07) is 18.1. The molecular formula is C45H49N5O9. The number of imide groups is 1. The molecular weight excluding hydrogens is 755 g/mol. The van der Waals surface area contributed by atoms with E-state index in [0.29, 0.717) is 33.2 Å². The van der Waals surface area contributed by atoms with Crippen molar-refractivity contribution in [2.45, 2.75) is 91.0 Å². The van der Waals surface area contributed by atoms with Crippen molar-refractivity contribution in [2.24, 2.45) is 5.92 Å². The molecule has 0 fully saturated rings. The lowest BCUT2D eigenvalue weighted by Gasteiger charge is -2.35. The van der Waals surface area contributed by atoms with Gasteiger partial charge in [-0.3, -0.25) is 28.8 Å². The molecule has 0 aliphatic carbocycles. The minimum atomic E-state index is -1.37. The number of fused-ring (bicyclic) bond motifs is 3. The molecule has 0 radical (unpaired) electrons. The number of alkyl carbamates (subject to hydrolysis) is 1. The summed E-state index contributed by atoms with van der Waals surface area (Å²) in [6.45, 7) is 14.0. The van der Waals surface area contributed by atoms with Gasteiger partial charge in [-0.1, -0.05) is 56.3 Å². The highest BCUT2D eigenvalue weighted by Gasteiger charge is 2.47. The molecule has 2 N–H and O–H groups in total. The zero-order chi connectivity index (χ0) is 43.0. The fourth-order valence-electron chi connectivity index (χ4n) is 7.40. The molecule has 14 heteroatoms. The number of aromatic nitrogens is 2. The van der Waals surface area contributed by atoms with Gasteiger partial charge >= 0.3 is 18.2 Å². The van der Waals surface area contributed by atoms with Gasteiger partial charge in [0.05, 0.1) is 35.0 Å². The Morgan fingerprint density at radius 2 is 1.46 bits per heavy atom. The Morgan fingerprint density at radius 3 is 2.07 bits per heavy atom. The molecule has 2 aromatic heterocycles. The monoisotopic (exact) mass is 803 g/mol. The lowest BCUT2D eigenvalue weighted by molar-refractivity contribution is -0.143. The van der Waals surface area contributed by atoms with E-state index in [4.69, 9.17) is 14.2 Å². The van der Waals surface area contributed by atoms with Crippen LogP contribution >= 0.6 is 0 Å². The molecule has 14 nitrogen and oxygen atoms in total. The maximum atomic E-state index is 14.8. The summed E-state index contributed by atoms with van der Waals surface area (Å²) in [4.78, 5) is 88.4. The number of nitrogens with one attached hydrogen (secondary N) is 2. The van der Waals surface area contributed by atoms with Crippen molar-refractivity contribution in [3.63, 3.8) is 0 Å². The predicted molar refractivity (Wildman–Crippen MR) is 221 cm³/mol. The van der Waals surface area contributed by atoms with E-state index in [0.717, 1.165) is 10.3 Å². The standard InChI is InChI=1S/C45H49N5O9/c1-25(2)35(37(50-39(52)30-16-10-11-17-31(30)40(50)53)38(51)47-32-18-12-14-26-15-13-21-46-36(26)32)27-19-20-29-28(24-49(34(29)23-27)43(56)59-45(6,7)8)22-33(41(54)57-9)48-42(55)58-44(3,4)5/h10-21,23-25,33,35,37H,22H2,1-9H3,(H,47,51)(H,48,55)/t33-,35+,37-/m0/s1. The summed E-state index contributed by atoms with van der Waals surface area (Å²) in [5.74, 6) is -3.75. The van der Waals surface area contributed by atoms with Gasteiger partial charge in [-0.15, -0.1) is 0 Å². The third kappa shape index (κ3) is 8.96. The number of carbonyl (C=O) groups is 6. The average molecular weight is 804 g/mol. The Kier molecular flexibility index (Phi) is 11.7. The zero-order valence-corrected chi connectivity index (χ0v) is 34.6. The molecule has 1 aliphatic rings. The molecule has 0 bridgehead atoms. The first-order valence-electron chi connectivity index (χ1n) is 19.3. The summed E-state index contributed by atoms with van der Waals surface area (Å²) in [6.07, 6.45) is 1.49. The van der Waals surface area contributed by atoms with E-state index < -0.39 is 65.1 Å². The van der Waals surface area contributed by atoms with Crippen molar-refractivity contribution in [3.05, 3.63) is 107 Å². The number of pyridine rings is 1. The molecule has 0 unspecified atom stereocenters. The molecule has 0 saturated carbocycles. The number of hydrogen-bond donors (Lipinski definition) is 2. The maximum absolute atomic E-state index is 14.8. The first kappa shape index (κ1) is 42.0. The summed E-state index contributed by atoms with van der Waals surface area (Å²) < 4.78 is 17.5. The molecule has 3 heterocycles. The number of ether oxygens (including phenoxy) is 3. The van der Waals surface area contributed by atoms with Crippen molar-refractivity contribution in [3.8, 4) is 0 Å². The fraction of sp³-hybridized carbons (Fsp3) is 0.356. The average Bonchev–Trinajstić information content (AvgIpc) is 3.64. The minimum absolute atomic E-state index is 0.0929. The summed E-state index contributed by atoms with van der Waals surface area (Å²) in [5, 5.41) is 6.88. The molecule has 3 aromatic carbocycles. The van der Waals surface area contributed by atoms with Crippen LogP contribution < -0.4 is 10.6 Å². The number of esters is 1. The van der Waals surface area contributed by atoms with Gasteiger partial charge in [-0.05, 0) is 88.9 Å². The van der Waals surface area contributed by atoms with Crippen LogP contribution in [0.3, 0.4) is 0 Å². The van der Waals surface area contributed by atoms with Crippen LogP contribution in [0.2, 0.25) is 0 Å². The van der Waals surface area contributed by atoms with Gasteiger partial charge < -0.3 is 24.8 Å². The van der Waals surface area contributed by atoms with Crippen LogP contribution in [0.4, 0.5) is 15.3 Å². The number of anilines is 1. The molecule has 308 valence electrons. The molecule has 1 aliphatic heterocycles. The van der Waals surface area contributed by atoms with Gasteiger partial charge in [-0.25, -0.2) is 14.4 Å². The fourth-order valence-corrected chi connectivity index (χ4v) is 7.40. The van der Waals surface area contributed by atoms with E-state index >= 15 is 0 Å². The largest absolute Gasteiger partial charge is 0.467 e. The van der Waals surface area contributed by atoms with Crippen molar-refractivity contribution in [1.29, 1.82) is 0 Å². The topological polar surface area (TPSA) is 175 Å². The highest BCUT2D eigenvalue weighted by molar-refractivity contribution is 6.23. The second kappa shape index (κ2) is 16.4. The van der Waals surface area contributed by atoms with Crippen LogP contribution in [0.25, 0.3) is 21.8 Å². The Morgan fingerprint density at radius 1 is 0.814 bits per heavy atom. The Balaban J connectivity index is 1.49. The molecule has 4 amide bonds. The Labute approximate surface area is 342 Å². The van der Waals surface area contributed by atoms with E-state index in [1.54, 1.807) is 108 Å². The predicted octanol–water partition coefficient (Wildman–Crippen LogP) is 7.62. The van der Waals surface area contributed by atoms with E-state index in [9.17, 15) is 28.8 Å². The van der Waals surface area contributed by atoms with Gasteiger partial charge in [0.2, 0.25) is 5.91 Å². The normalized spacial score (nSPS) is 14.5. The van der Waals surface area contributed by atoms with Crippen molar-refractivity contribution < 1.29 is 43.0 Å². The molecule has 0 saturated heterocycles. The van der Waals surface area contributed by atoms with Crippen LogP contribution in [-0.2, 0) is 30.2 Å². The van der Waals surface area contributed by atoms with Crippen LogP contribution in [0.15, 0.2) is 85.2 Å². The van der Waals surface area contributed by atoms with Gasteiger partial charge in [0.25, 0.3) is 11.8 Å². The Hall–Kier alpha value is -6.57. The number of para-hydroxylation sites is 1. The first-order chi connectivity index (χ1) is 27.8. The number of methoxy groups -OCH3 is 1. The molecule has 59 heavy (non-hydrogen) atoms. The number of amides is 4. The van der Waals surface area contributed by atoms with E-state index in [1.807, 2.05) is 26.0 Å². The number of carbonyl (C=O) groups excluding carboxylic acids is 6. The smallest absolute Gasteiger partial charge is 0.419 e. The SMILES string of the molecule is COC(=O)[C@H](Cc1cn(C(=O)OC(C)(C)C)c2cc([C@@H](C(C)C)[C@@H](C(=O)Nc3cccc4cccnc34)N3C(=O)c4ccccc4C3=O)ccc12)NC(=O)OC(C)(C)C. The van der Waals surface area contributed by atoms with Crippen LogP contribution in [-0.4, -0.2) is 80.7 Å². The maximum Gasteiger partial charge on any atom is 0.419 e. The van der Waals surface area contributed by atoms with Gasteiger partial charge in [-0.2, -0.15) is 0 Å². The highest BCUT2D eigenvalue weighted by atomic mass is 16.6. The lowest BCUT2D eigenvalue weighted by Crippen LogP contribution is -2.51. The third-order valence-electron chi connectivity index (χ3n) is 9.81. The summed E-state index contributed by atoms with van der Waals surface area (Å²) in [5.41, 5.74) is 0.954. The van der Waals surface area contributed by atoms with Crippen LogP contribution in [0, 0.1) is 5.92 Å². The van der Waals surface area contributed by atoms with Gasteiger partial charge in [0.1, 0.15) is 23.3 Å². The number of rotatable bonds is 10. The van der Waals surface area contributed by atoms with Gasteiger partial charge in [0.15, 0.2) is 0 Å². The van der Waals surface area contributed by atoms with Gasteiger partial charge in [0, 0.05) is 35.5 Å². The third-order valence-corrected chi connectivity index (χ3v) is 9.81. The molecule has 6 rings (SSSR count). The van der Waals surface area contributed by atoms with Crippen molar-refractivity contribution in [2.75, 3.05) is 12.4 Å². The molecule has 0 spiro atoms. The summed E-state index contributed by atoms with van der Waals surface area (Å²) >= 11 is 0. The van der Waals surface area contributed by atoms with E-state index in [2.05, 4.69) is 15.6 Å². The highest BCUT2D eigenvalue weighted by Crippen LogP contribution is 2.39. The number of benzene rings is 3. The molecule has 3 atom stereocenters. The van der Waals surface area contributed by atoms with E-state index in [-0.39, 0.29) is 23.5 Å². The second-order valence-corrected chi connectivity index (χ2v) is 16.8. The van der Waals surface area contributed by atoms with Crippen LogP contribution in [0.5, 0.6) is 0 Å².